The maximum absolute atomic E-state index is 13.3. The molecule has 0 aliphatic carbocycles. The maximum atomic E-state index is 13.3. The van der Waals surface area contributed by atoms with Crippen LogP contribution in [-0.4, -0.2) is 17.5 Å². The van der Waals surface area contributed by atoms with Gasteiger partial charge in [-0.25, -0.2) is 0 Å². The van der Waals surface area contributed by atoms with E-state index in [2.05, 4.69) is 19.2 Å². The molecule has 0 fully saturated rings. The number of carbonyl (C=O) groups is 1. The minimum absolute atomic E-state index is 0.0300. The summed E-state index contributed by atoms with van der Waals surface area (Å²) in [7, 11) is 0. The third-order valence-corrected chi connectivity index (χ3v) is 4.93. The summed E-state index contributed by atoms with van der Waals surface area (Å²) < 4.78 is 5.85. The monoisotopic (exact) mass is 383 g/mol. The molecule has 0 atom stereocenters. The predicted octanol–water partition coefficient (Wildman–Crippen LogP) is 5.93. The standard InChI is InChI=1S/C21H22ClNO2.C2H4/c1-14-10-17(12-18(22)11-14)21(3,4)23-13-25-15(2)19(20(23)24)16-8-6-5-7-9-16;1-2/h5-12H,13H2,1-4H3;1-2H2. The van der Waals surface area contributed by atoms with E-state index in [1.165, 1.54) is 0 Å². The fourth-order valence-corrected chi connectivity index (χ4v) is 3.46. The molecule has 2 aromatic carbocycles. The zero-order chi connectivity index (χ0) is 20.2. The first-order chi connectivity index (χ1) is 12.8. The Morgan fingerprint density at radius 2 is 1.70 bits per heavy atom. The number of carbonyl (C=O) groups excluding carboxylic acids is 1. The lowest BCUT2D eigenvalue weighted by Gasteiger charge is -2.42. The van der Waals surface area contributed by atoms with Gasteiger partial charge in [0, 0.05) is 5.02 Å². The number of hydrogen-bond donors (Lipinski definition) is 0. The Hall–Kier alpha value is -2.52. The second-order valence-electron chi connectivity index (χ2n) is 6.88. The summed E-state index contributed by atoms with van der Waals surface area (Å²) in [5, 5.41) is 0.670. The molecular weight excluding hydrogens is 358 g/mol. The van der Waals surface area contributed by atoms with E-state index in [-0.39, 0.29) is 12.6 Å². The molecule has 1 amide bonds. The summed E-state index contributed by atoms with van der Waals surface area (Å²) in [6, 6.07) is 15.5. The number of benzene rings is 2. The first-order valence-electron chi connectivity index (χ1n) is 8.79. The second-order valence-corrected chi connectivity index (χ2v) is 7.32. The van der Waals surface area contributed by atoms with Crippen LogP contribution in [0, 0.1) is 6.92 Å². The quantitative estimate of drug-likeness (QED) is 0.614. The van der Waals surface area contributed by atoms with Gasteiger partial charge < -0.3 is 4.74 Å². The average Bonchev–Trinajstić information content (AvgIpc) is 2.63. The van der Waals surface area contributed by atoms with Crippen molar-refractivity contribution in [3.63, 3.8) is 0 Å². The summed E-state index contributed by atoms with van der Waals surface area (Å²) in [5.74, 6) is 0.628. The molecule has 3 nitrogen and oxygen atoms in total. The van der Waals surface area contributed by atoms with Crippen molar-refractivity contribution in [3.05, 3.63) is 89.2 Å². The number of allylic oxidation sites excluding steroid dienone is 1. The highest BCUT2D eigenvalue weighted by Crippen LogP contribution is 2.36. The van der Waals surface area contributed by atoms with Crippen molar-refractivity contribution in [2.45, 2.75) is 33.2 Å². The second kappa shape index (κ2) is 8.45. The van der Waals surface area contributed by atoms with Gasteiger partial charge in [-0.2, -0.15) is 0 Å². The van der Waals surface area contributed by atoms with Crippen LogP contribution in [0.3, 0.4) is 0 Å². The molecule has 0 bridgehead atoms. The van der Waals surface area contributed by atoms with Gasteiger partial charge in [-0.05, 0) is 56.5 Å². The van der Waals surface area contributed by atoms with E-state index in [0.717, 1.165) is 16.7 Å². The van der Waals surface area contributed by atoms with E-state index in [9.17, 15) is 4.79 Å². The van der Waals surface area contributed by atoms with Gasteiger partial charge in [0.15, 0.2) is 6.73 Å². The molecule has 0 saturated carbocycles. The molecule has 0 N–H and O–H groups in total. The summed E-state index contributed by atoms with van der Waals surface area (Å²) in [6.07, 6.45) is 0. The number of amides is 1. The van der Waals surface area contributed by atoms with Crippen molar-refractivity contribution < 1.29 is 9.53 Å². The fourth-order valence-electron chi connectivity index (χ4n) is 3.17. The van der Waals surface area contributed by atoms with E-state index in [4.69, 9.17) is 16.3 Å². The van der Waals surface area contributed by atoms with Crippen LogP contribution in [0.5, 0.6) is 0 Å². The number of hydrogen-bond acceptors (Lipinski definition) is 2. The minimum Gasteiger partial charge on any atom is -0.477 e. The van der Waals surface area contributed by atoms with Gasteiger partial charge in [0.1, 0.15) is 5.76 Å². The van der Waals surface area contributed by atoms with Crippen molar-refractivity contribution in [2.75, 3.05) is 6.73 Å². The molecular formula is C23H26ClNO2. The summed E-state index contributed by atoms with van der Waals surface area (Å²) in [6.45, 7) is 14.1. The van der Waals surface area contributed by atoms with Crippen molar-refractivity contribution in [2.24, 2.45) is 0 Å². The van der Waals surface area contributed by atoms with Crippen LogP contribution in [0.25, 0.3) is 5.57 Å². The Balaban J connectivity index is 0.00000126. The van der Waals surface area contributed by atoms with Crippen LogP contribution in [0.1, 0.15) is 37.5 Å². The first kappa shape index (κ1) is 20.8. The normalized spacial score (nSPS) is 14.4. The molecule has 142 valence electrons. The predicted molar refractivity (Wildman–Crippen MR) is 112 cm³/mol. The van der Waals surface area contributed by atoms with Crippen LogP contribution in [-0.2, 0) is 15.1 Å². The highest BCUT2D eigenvalue weighted by atomic mass is 35.5. The van der Waals surface area contributed by atoms with E-state index < -0.39 is 5.54 Å². The van der Waals surface area contributed by atoms with Gasteiger partial charge in [0.05, 0.1) is 11.1 Å². The van der Waals surface area contributed by atoms with Crippen LogP contribution < -0.4 is 0 Å². The molecule has 1 heterocycles. The van der Waals surface area contributed by atoms with Gasteiger partial charge >= 0.3 is 0 Å². The number of nitrogens with zero attached hydrogens (tertiary/aromatic N) is 1. The molecule has 0 radical (unpaired) electrons. The summed E-state index contributed by atoms with van der Waals surface area (Å²) in [4.78, 5) is 15.0. The molecule has 0 saturated heterocycles. The first-order valence-corrected chi connectivity index (χ1v) is 9.17. The highest BCUT2D eigenvalue weighted by Gasteiger charge is 2.38. The molecule has 27 heavy (non-hydrogen) atoms. The van der Waals surface area contributed by atoms with E-state index in [1.54, 1.807) is 4.90 Å². The van der Waals surface area contributed by atoms with Gasteiger partial charge in [-0.3, -0.25) is 9.69 Å². The Bertz CT molecular complexity index is 836. The molecule has 0 aromatic heterocycles. The zero-order valence-corrected chi connectivity index (χ0v) is 17.1. The molecule has 3 rings (SSSR count). The Morgan fingerprint density at radius 3 is 2.30 bits per heavy atom. The van der Waals surface area contributed by atoms with Gasteiger partial charge in [0.2, 0.25) is 0 Å². The smallest absolute Gasteiger partial charge is 0.261 e. The Morgan fingerprint density at radius 1 is 1.07 bits per heavy atom. The van der Waals surface area contributed by atoms with Crippen LogP contribution >= 0.6 is 11.6 Å². The third-order valence-electron chi connectivity index (χ3n) is 4.71. The SMILES string of the molecule is C=C.CC1=C(c2ccccc2)C(=O)N(C(C)(C)c2cc(C)cc(Cl)c2)CO1. The lowest BCUT2D eigenvalue weighted by Crippen LogP contribution is -2.49. The summed E-state index contributed by atoms with van der Waals surface area (Å²) in [5.41, 5.74) is 2.98. The largest absolute Gasteiger partial charge is 0.477 e. The molecule has 4 heteroatoms. The summed E-state index contributed by atoms with van der Waals surface area (Å²) >= 11 is 6.24. The van der Waals surface area contributed by atoms with Crippen LogP contribution in [0.15, 0.2) is 67.4 Å². The Labute approximate surface area is 166 Å². The van der Waals surface area contributed by atoms with Crippen molar-refractivity contribution in [1.29, 1.82) is 0 Å². The number of ether oxygens (including phenoxy) is 1. The van der Waals surface area contributed by atoms with Gasteiger partial charge in [-0.1, -0.05) is 48.0 Å². The van der Waals surface area contributed by atoms with Crippen LogP contribution in [0.2, 0.25) is 5.02 Å². The lowest BCUT2D eigenvalue weighted by molar-refractivity contribution is -0.139. The van der Waals surface area contributed by atoms with Crippen molar-refractivity contribution >= 4 is 23.1 Å². The maximum Gasteiger partial charge on any atom is 0.261 e. The zero-order valence-electron chi connectivity index (χ0n) is 16.4. The van der Waals surface area contributed by atoms with Gasteiger partial charge in [0.25, 0.3) is 5.91 Å². The minimum atomic E-state index is -0.548. The molecule has 1 aliphatic rings. The topological polar surface area (TPSA) is 29.5 Å². The lowest BCUT2D eigenvalue weighted by atomic mass is 9.89. The number of rotatable bonds is 3. The highest BCUT2D eigenvalue weighted by molar-refractivity contribution is 6.30. The van der Waals surface area contributed by atoms with E-state index in [0.29, 0.717) is 16.4 Å². The van der Waals surface area contributed by atoms with Crippen LogP contribution in [0.4, 0.5) is 0 Å². The van der Waals surface area contributed by atoms with Crippen molar-refractivity contribution in [3.8, 4) is 0 Å². The number of halogens is 1. The van der Waals surface area contributed by atoms with E-state index in [1.807, 2.05) is 70.2 Å². The molecule has 1 aliphatic heterocycles. The number of aryl methyl sites for hydroxylation is 1. The Kier molecular flexibility index (Phi) is 6.50. The average molecular weight is 384 g/mol. The van der Waals surface area contributed by atoms with E-state index >= 15 is 0 Å². The molecule has 2 aromatic rings. The van der Waals surface area contributed by atoms with Gasteiger partial charge in [-0.15, -0.1) is 13.2 Å². The molecule has 0 unspecified atom stereocenters. The molecule has 0 spiro atoms. The fraction of sp³-hybridized carbons (Fsp3) is 0.261. The van der Waals surface area contributed by atoms with Crippen molar-refractivity contribution in [1.82, 2.24) is 4.90 Å². The third kappa shape index (κ3) is 4.25.